The summed E-state index contributed by atoms with van der Waals surface area (Å²) in [6.07, 6.45) is -4.91. The predicted octanol–water partition coefficient (Wildman–Crippen LogP) is 0.178. The molecule has 0 amide bonds. The SMILES string of the molecule is FC(F)(F)CC[Si]O[Si]O[Si]O[Si]. The molecule has 0 aliphatic carbocycles. The summed E-state index contributed by atoms with van der Waals surface area (Å²) in [6, 6.07) is -0.0162. The van der Waals surface area contributed by atoms with Gasteiger partial charge in [-0.3, -0.25) is 0 Å². The van der Waals surface area contributed by atoms with Gasteiger partial charge in [0.2, 0.25) is 20.2 Å². The lowest BCUT2D eigenvalue weighted by molar-refractivity contribution is -0.130. The van der Waals surface area contributed by atoms with Crippen molar-refractivity contribution in [1.29, 1.82) is 0 Å². The van der Waals surface area contributed by atoms with E-state index in [4.69, 9.17) is 8.23 Å². The molecule has 0 bridgehead atoms. The Labute approximate surface area is 84.9 Å². The van der Waals surface area contributed by atoms with E-state index in [0.717, 1.165) is 0 Å². The maximum Gasteiger partial charge on any atom is 0.411 e. The maximum absolute atomic E-state index is 11.6. The highest BCUT2D eigenvalue weighted by Gasteiger charge is 2.26. The van der Waals surface area contributed by atoms with E-state index in [9.17, 15) is 13.2 Å². The minimum absolute atomic E-state index is 0.0162. The number of hydrogen-bond donors (Lipinski definition) is 0. The van der Waals surface area contributed by atoms with Crippen LogP contribution in [0.25, 0.3) is 0 Å². The molecule has 0 rings (SSSR count). The summed E-state index contributed by atoms with van der Waals surface area (Å²) in [6.45, 7) is 0. The molecule has 0 saturated heterocycles. The fraction of sp³-hybridized carbons (Fsp3) is 1.00. The first-order valence-electron chi connectivity index (χ1n) is 3.00. The largest absolute Gasteiger partial charge is 0.435 e. The van der Waals surface area contributed by atoms with Crippen molar-refractivity contribution in [3.8, 4) is 0 Å². The van der Waals surface area contributed by atoms with E-state index in [0.29, 0.717) is 0 Å². The molecular formula is C3H4F3O3Si4. The van der Waals surface area contributed by atoms with Crippen LogP contribution in [0.4, 0.5) is 13.2 Å². The zero-order valence-electron chi connectivity index (χ0n) is 6.27. The summed E-state index contributed by atoms with van der Waals surface area (Å²) in [4.78, 5) is 0. The van der Waals surface area contributed by atoms with Crippen LogP contribution in [0.5, 0.6) is 0 Å². The molecule has 0 aromatic rings. The fourth-order valence-electron chi connectivity index (χ4n) is 0.332. The molecule has 0 saturated carbocycles. The summed E-state index contributed by atoms with van der Waals surface area (Å²) in [7, 11) is 2.04. The zero-order chi connectivity index (χ0) is 10.2. The van der Waals surface area contributed by atoms with E-state index in [2.05, 4.69) is 14.6 Å². The van der Waals surface area contributed by atoms with Gasteiger partial charge in [0.15, 0.2) is 0 Å². The molecule has 71 valence electrons. The Balaban J connectivity index is 3.00. The summed E-state index contributed by atoms with van der Waals surface area (Å²) in [5.74, 6) is 0. The van der Waals surface area contributed by atoms with E-state index in [1.165, 1.54) is 0 Å². The van der Waals surface area contributed by atoms with Crippen molar-refractivity contribution in [1.82, 2.24) is 0 Å². The molecule has 0 atom stereocenters. The third-order valence-electron chi connectivity index (χ3n) is 0.749. The number of alkyl halides is 3. The predicted molar refractivity (Wildman–Crippen MR) is 41.8 cm³/mol. The molecule has 0 aliphatic heterocycles. The molecule has 0 fully saturated rings. The summed E-state index contributed by atoms with van der Waals surface area (Å²) in [5, 5.41) is 0. The first-order chi connectivity index (χ1) is 6.06. The topological polar surface area (TPSA) is 27.7 Å². The van der Waals surface area contributed by atoms with Crippen molar-refractivity contribution in [2.45, 2.75) is 18.6 Å². The van der Waals surface area contributed by atoms with Crippen molar-refractivity contribution in [3.05, 3.63) is 0 Å². The van der Waals surface area contributed by atoms with Crippen LogP contribution in [0, 0.1) is 0 Å². The smallest absolute Gasteiger partial charge is 0.411 e. The number of halogens is 3. The van der Waals surface area contributed by atoms with Crippen LogP contribution < -0.4 is 0 Å². The normalized spacial score (nSPS) is 12.0. The lowest BCUT2D eigenvalue weighted by Gasteiger charge is -2.04. The molecule has 0 aromatic carbocycles. The summed E-state index contributed by atoms with van der Waals surface area (Å²) >= 11 is 0. The molecule has 0 N–H and O–H groups in total. The molecule has 0 heterocycles. The van der Waals surface area contributed by atoms with Crippen LogP contribution in [-0.2, 0) is 12.3 Å². The van der Waals surface area contributed by atoms with Crippen LogP contribution in [-0.4, -0.2) is 46.4 Å². The van der Waals surface area contributed by atoms with Gasteiger partial charge in [0.25, 0.3) is 0 Å². The zero-order valence-corrected chi connectivity index (χ0v) is 10.3. The molecule has 10 heteroatoms. The Morgan fingerprint density at radius 1 is 1.15 bits per heavy atom. The molecule has 0 aromatic heterocycles. The molecule has 0 aliphatic rings. The third kappa shape index (κ3) is 12.5. The van der Waals surface area contributed by atoms with Gasteiger partial charge >= 0.3 is 26.2 Å². The van der Waals surface area contributed by atoms with E-state index in [1.807, 2.05) is 0 Å². The lowest BCUT2D eigenvalue weighted by atomic mass is 10.5. The second-order valence-corrected chi connectivity index (χ2v) is 5.30. The van der Waals surface area contributed by atoms with Crippen LogP contribution in [0.2, 0.25) is 6.04 Å². The molecule has 13 heavy (non-hydrogen) atoms. The van der Waals surface area contributed by atoms with Gasteiger partial charge in [-0.2, -0.15) is 13.2 Å². The van der Waals surface area contributed by atoms with E-state index in [1.54, 1.807) is 0 Å². The van der Waals surface area contributed by atoms with Crippen molar-refractivity contribution < 1.29 is 25.5 Å². The maximum atomic E-state index is 11.6. The monoisotopic (exact) mass is 257 g/mol. The highest BCUT2D eigenvalue weighted by molar-refractivity contribution is 6.44. The number of hydrogen-bond acceptors (Lipinski definition) is 3. The molecule has 9 radical (unpaired) electrons. The molecule has 0 unspecified atom stereocenters. The second-order valence-electron chi connectivity index (χ2n) is 1.73. The van der Waals surface area contributed by atoms with Gasteiger partial charge in [0.05, 0.1) is 0 Å². The van der Waals surface area contributed by atoms with E-state index < -0.39 is 12.6 Å². The highest BCUT2D eigenvalue weighted by Crippen LogP contribution is 2.20. The lowest BCUT2D eigenvalue weighted by Crippen LogP contribution is -2.14. The number of rotatable bonds is 7. The molecular weight excluding hydrogens is 253 g/mol. The van der Waals surface area contributed by atoms with Crippen molar-refractivity contribution >= 4 is 40.3 Å². The van der Waals surface area contributed by atoms with E-state index in [-0.39, 0.29) is 35.8 Å². The second kappa shape index (κ2) is 7.90. The van der Waals surface area contributed by atoms with Gasteiger partial charge in [0.1, 0.15) is 0 Å². The standard InChI is InChI=1S/C3H4F3O3Si4/c4-3(5,6)1-2-11-8-13-9-12-7-10/h1-2H2. The Morgan fingerprint density at radius 3 is 2.38 bits per heavy atom. The highest BCUT2D eigenvalue weighted by atomic mass is 28.4. The van der Waals surface area contributed by atoms with Gasteiger partial charge in [-0.05, 0) is 6.04 Å². The minimum Gasteiger partial charge on any atom is -0.435 e. The van der Waals surface area contributed by atoms with Crippen LogP contribution in [0.15, 0.2) is 0 Å². The van der Waals surface area contributed by atoms with Crippen molar-refractivity contribution in [2.24, 2.45) is 0 Å². The van der Waals surface area contributed by atoms with Gasteiger partial charge in [-0.15, -0.1) is 0 Å². The first-order valence-corrected chi connectivity index (χ1v) is 6.16. The Kier molecular flexibility index (Phi) is 8.22. The van der Waals surface area contributed by atoms with Crippen LogP contribution in [0.3, 0.4) is 0 Å². The summed E-state index contributed by atoms with van der Waals surface area (Å²) in [5.41, 5.74) is 0. The van der Waals surface area contributed by atoms with Crippen molar-refractivity contribution in [3.63, 3.8) is 0 Å². The minimum atomic E-state index is -4.10. The summed E-state index contributed by atoms with van der Waals surface area (Å²) < 4.78 is 48.6. The van der Waals surface area contributed by atoms with Crippen LogP contribution >= 0.6 is 0 Å². The fourth-order valence-corrected chi connectivity index (χ4v) is 2.58. The first kappa shape index (κ1) is 13.5. The van der Waals surface area contributed by atoms with Gasteiger partial charge in [-0.25, -0.2) is 0 Å². The van der Waals surface area contributed by atoms with Gasteiger partial charge in [0, 0.05) is 6.42 Å². The van der Waals surface area contributed by atoms with Crippen molar-refractivity contribution in [2.75, 3.05) is 0 Å². The van der Waals surface area contributed by atoms with E-state index >= 15 is 0 Å². The Bertz CT molecular complexity index is 123. The van der Waals surface area contributed by atoms with Gasteiger partial charge in [-0.1, -0.05) is 0 Å². The Morgan fingerprint density at radius 2 is 1.85 bits per heavy atom. The van der Waals surface area contributed by atoms with Crippen LogP contribution in [0.1, 0.15) is 6.42 Å². The quantitative estimate of drug-likeness (QED) is 0.481. The average Bonchev–Trinajstić information content (AvgIpc) is 2.01. The molecule has 3 nitrogen and oxygen atoms in total. The molecule has 0 spiro atoms. The Hall–Kier alpha value is 0.538. The van der Waals surface area contributed by atoms with Gasteiger partial charge < -0.3 is 12.3 Å². The third-order valence-corrected chi connectivity index (χ3v) is 3.11. The average molecular weight is 257 g/mol.